The molecule has 6 heteroatoms. The van der Waals surface area contributed by atoms with Crippen LogP contribution in [0, 0.1) is 6.92 Å². The van der Waals surface area contributed by atoms with Crippen LogP contribution in [-0.2, 0) is 24.3 Å². The molecular weight excluding hydrogens is 362 g/mol. The predicted molar refractivity (Wildman–Crippen MR) is 112 cm³/mol. The number of hydrogen-bond donors (Lipinski definition) is 1. The van der Waals surface area contributed by atoms with Crippen molar-refractivity contribution < 1.29 is 4.79 Å². The maximum atomic E-state index is 12.6. The van der Waals surface area contributed by atoms with Crippen molar-refractivity contribution >= 4 is 23.0 Å². The summed E-state index contributed by atoms with van der Waals surface area (Å²) in [6.45, 7) is 3.06. The number of pyridine rings is 2. The Morgan fingerprint density at radius 1 is 1.07 bits per heavy atom. The van der Waals surface area contributed by atoms with E-state index >= 15 is 0 Å². The van der Waals surface area contributed by atoms with Gasteiger partial charge in [0.2, 0.25) is 0 Å². The number of nitrogens with zero attached hydrogens (tertiary/aromatic N) is 4. The second-order valence-electron chi connectivity index (χ2n) is 7.26. The van der Waals surface area contributed by atoms with Crippen LogP contribution in [0.1, 0.15) is 33.5 Å². The lowest BCUT2D eigenvalue weighted by Crippen LogP contribution is -2.30. The Bertz CT molecular complexity index is 1180. The minimum Gasteiger partial charge on any atom is -0.347 e. The van der Waals surface area contributed by atoms with Crippen molar-refractivity contribution in [1.82, 2.24) is 15.3 Å². The van der Waals surface area contributed by atoms with Gasteiger partial charge in [0.25, 0.3) is 5.91 Å². The molecule has 2 aliphatic heterocycles. The lowest BCUT2D eigenvalue weighted by atomic mass is 9.97. The van der Waals surface area contributed by atoms with Gasteiger partial charge in [0.05, 0.1) is 17.9 Å². The molecule has 2 aliphatic rings. The topological polar surface area (TPSA) is 79.6 Å². The van der Waals surface area contributed by atoms with Gasteiger partial charge in [-0.1, -0.05) is 6.07 Å². The standard InChI is InChI=1S/C23H19N5O/c1-14-8-15(2-7-25-14)12-27-23(29)21-10-17-9-18-13-26-22(16-3-5-24-6-4-16)19(18)11-20(17)28-21/h2-9,11H,10,12-13H2,1H3,(H,27,29). The van der Waals surface area contributed by atoms with Gasteiger partial charge in [-0.3, -0.25) is 19.8 Å². The van der Waals surface area contributed by atoms with Gasteiger partial charge in [-0.05, 0) is 53.9 Å². The highest BCUT2D eigenvalue weighted by Crippen LogP contribution is 2.34. The molecule has 1 N–H and O–H groups in total. The Labute approximate surface area is 168 Å². The van der Waals surface area contributed by atoms with Gasteiger partial charge in [-0.25, -0.2) is 4.99 Å². The molecule has 142 valence electrons. The quantitative estimate of drug-likeness (QED) is 0.754. The molecule has 3 aromatic rings. The first-order valence-corrected chi connectivity index (χ1v) is 9.56. The minimum absolute atomic E-state index is 0.126. The number of aryl methyl sites for hydroxylation is 1. The highest BCUT2D eigenvalue weighted by atomic mass is 16.1. The molecule has 2 aromatic heterocycles. The molecule has 29 heavy (non-hydrogen) atoms. The van der Waals surface area contributed by atoms with E-state index in [9.17, 15) is 4.79 Å². The number of rotatable bonds is 4. The molecule has 4 heterocycles. The summed E-state index contributed by atoms with van der Waals surface area (Å²) in [5, 5.41) is 2.97. The summed E-state index contributed by atoms with van der Waals surface area (Å²) in [7, 11) is 0. The molecule has 0 saturated heterocycles. The van der Waals surface area contributed by atoms with Crippen LogP contribution in [0.25, 0.3) is 0 Å². The minimum atomic E-state index is -0.126. The molecule has 0 radical (unpaired) electrons. The molecule has 1 aromatic carbocycles. The van der Waals surface area contributed by atoms with Crippen LogP contribution in [-0.4, -0.2) is 27.3 Å². The molecule has 0 bridgehead atoms. The third-order valence-corrected chi connectivity index (χ3v) is 5.21. The van der Waals surface area contributed by atoms with Gasteiger partial charge < -0.3 is 5.32 Å². The zero-order valence-corrected chi connectivity index (χ0v) is 16.0. The number of aliphatic imine (C=N–C) groups is 2. The smallest absolute Gasteiger partial charge is 0.266 e. The van der Waals surface area contributed by atoms with Crippen molar-refractivity contribution in [3.05, 3.63) is 88.5 Å². The van der Waals surface area contributed by atoms with E-state index in [0.717, 1.165) is 39.3 Å². The van der Waals surface area contributed by atoms with Gasteiger partial charge in [0, 0.05) is 48.4 Å². The first-order chi connectivity index (χ1) is 14.2. The Morgan fingerprint density at radius 3 is 2.76 bits per heavy atom. The number of carbonyl (C=O) groups excluding carboxylic acids is 1. The van der Waals surface area contributed by atoms with Crippen LogP contribution in [0.4, 0.5) is 5.69 Å². The van der Waals surface area contributed by atoms with Crippen molar-refractivity contribution in [1.29, 1.82) is 0 Å². The molecule has 0 fully saturated rings. The fourth-order valence-electron chi connectivity index (χ4n) is 3.78. The van der Waals surface area contributed by atoms with E-state index in [4.69, 9.17) is 4.99 Å². The van der Waals surface area contributed by atoms with Crippen LogP contribution in [0.3, 0.4) is 0 Å². The number of hydrogen-bond acceptors (Lipinski definition) is 5. The third-order valence-electron chi connectivity index (χ3n) is 5.21. The van der Waals surface area contributed by atoms with Crippen LogP contribution >= 0.6 is 0 Å². The van der Waals surface area contributed by atoms with E-state index in [1.54, 1.807) is 18.6 Å². The van der Waals surface area contributed by atoms with Gasteiger partial charge in [-0.15, -0.1) is 0 Å². The van der Waals surface area contributed by atoms with Crippen LogP contribution < -0.4 is 5.32 Å². The predicted octanol–water partition coefficient (Wildman–Crippen LogP) is 3.08. The average Bonchev–Trinajstić information content (AvgIpc) is 3.34. The lowest BCUT2D eigenvalue weighted by Gasteiger charge is -2.06. The zero-order chi connectivity index (χ0) is 19.8. The Morgan fingerprint density at radius 2 is 1.93 bits per heavy atom. The van der Waals surface area contributed by atoms with E-state index < -0.39 is 0 Å². The number of benzene rings is 1. The number of aromatic nitrogens is 2. The van der Waals surface area contributed by atoms with Crippen molar-refractivity contribution in [3.63, 3.8) is 0 Å². The summed E-state index contributed by atoms with van der Waals surface area (Å²) in [6, 6.07) is 12.0. The Kier molecular flexibility index (Phi) is 4.24. The molecule has 0 atom stereocenters. The van der Waals surface area contributed by atoms with Gasteiger partial charge in [-0.2, -0.15) is 0 Å². The summed E-state index contributed by atoms with van der Waals surface area (Å²) in [6.07, 6.45) is 5.85. The zero-order valence-electron chi connectivity index (χ0n) is 16.0. The Hall–Kier alpha value is -3.67. The number of fused-ring (bicyclic) bond motifs is 2. The molecule has 6 nitrogen and oxygen atoms in total. The van der Waals surface area contributed by atoms with Crippen molar-refractivity contribution in [2.75, 3.05) is 0 Å². The Balaban J connectivity index is 1.35. The maximum absolute atomic E-state index is 12.6. The normalized spacial score (nSPS) is 14.1. The summed E-state index contributed by atoms with van der Waals surface area (Å²) >= 11 is 0. The van der Waals surface area contributed by atoms with Crippen molar-refractivity contribution in [2.45, 2.75) is 26.4 Å². The molecule has 0 unspecified atom stereocenters. The summed E-state index contributed by atoms with van der Waals surface area (Å²) in [5.41, 5.74) is 8.74. The maximum Gasteiger partial charge on any atom is 0.266 e. The van der Waals surface area contributed by atoms with E-state index in [1.807, 2.05) is 31.2 Å². The van der Waals surface area contributed by atoms with E-state index in [2.05, 4.69) is 32.4 Å². The lowest BCUT2D eigenvalue weighted by molar-refractivity contribution is -0.115. The number of nitrogens with one attached hydrogen (secondary N) is 1. The molecule has 0 saturated carbocycles. The van der Waals surface area contributed by atoms with Gasteiger partial charge in [0.1, 0.15) is 5.71 Å². The van der Waals surface area contributed by atoms with Crippen LogP contribution in [0.5, 0.6) is 0 Å². The van der Waals surface area contributed by atoms with Crippen molar-refractivity contribution in [2.24, 2.45) is 9.98 Å². The number of amides is 1. The summed E-state index contributed by atoms with van der Waals surface area (Å²) < 4.78 is 0. The molecule has 1 amide bonds. The summed E-state index contributed by atoms with van der Waals surface area (Å²) in [5.74, 6) is -0.126. The second kappa shape index (κ2) is 7.05. The molecule has 0 aliphatic carbocycles. The first-order valence-electron chi connectivity index (χ1n) is 9.56. The largest absolute Gasteiger partial charge is 0.347 e. The number of carbonyl (C=O) groups is 1. The summed E-state index contributed by atoms with van der Waals surface area (Å²) in [4.78, 5) is 30.2. The molecule has 0 spiro atoms. The van der Waals surface area contributed by atoms with Crippen LogP contribution in [0.2, 0.25) is 0 Å². The fraction of sp³-hybridized carbons (Fsp3) is 0.174. The molecular formula is C23H19N5O. The van der Waals surface area contributed by atoms with Gasteiger partial charge in [0.15, 0.2) is 0 Å². The highest BCUT2D eigenvalue weighted by Gasteiger charge is 2.25. The fourth-order valence-corrected chi connectivity index (χ4v) is 3.78. The van der Waals surface area contributed by atoms with E-state index in [-0.39, 0.29) is 5.91 Å². The average molecular weight is 381 g/mol. The van der Waals surface area contributed by atoms with E-state index in [0.29, 0.717) is 25.2 Å². The van der Waals surface area contributed by atoms with E-state index in [1.165, 1.54) is 5.56 Å². The first kappa shape index (κ1) is 17.4. The highest BCUT2D eigenvalue weighted by molar-refractivity contribution is 6.41. The SMILES string of the molecule is Cc1cc(CNC(=O)C2=Nc3cc4c(cc3C2)CN=C4c2ccncc2)ccn1. The molecule has 5 rings (SSSR count). The van der Waals surface area contributed by atoms with Crippen molar-refractivity contribution in [3.8, 4) is 0 Å². The second-order valence-corrected chi connectivity index (χ2v) is 7.26. The third kappa shape index (κ3) is 3.33. The monoisotopic (exact) mass is 381 g/mol. The van der Waals surface area contributed by atoms with Crippen LogP contribution in [0.15, 0.2) is 65.0 Å². The van der Waals surface area contributed by atoms with Gasteiger partial charge >= 0.3 is 0 Å².